The van der Waals surface area contributed by atoms with Crippen LogP contribution in [0, 0.1) is 13.8 Å². The number of hydrogen-bond acceptors (Lipinski definition) is 4. The summed E-state index contributed by atoms with van der Waals surface area (Å²) in [5, 5.41) is 2.19. The number of fused-ring (bicyclic) bond motifs is 4. The molecule has 2 aromatic heterocycles. The fourth-order valence-electron chi connectivity index (χ4n) is 4.06. The van der Waals surface area contributed by atoms with Crippen LogP contribution >= 0.6 is 0 Å². The van der Waals surface area contributed by atoms with Crippen LogP contribution in [0.1, 0.15) is 18.2 Å². The van der Waals surface area contributed by atoms with Crippen molar-refractivity contribution in [1.29, 1.82) is 0 Å². The Hall–Kier alpha value is -3.01. The molecule has 0 bridgehead atoms. The topological polar surface area (TPSA) is 32.5 Å². The van der Waals surface area contributed by atoms with Gasteiger partial charge in [-0.25, -0.2) is 0 Å². The molecule has 0 radical (unpaired) electrons. The summed E-state index contributed by atoms with van der Waals surface area (Å²) < 4.78 is 6.36. The van der Waals surface area contributed by atoms with Crippen molar-refractivity contribution in [2.24, 2.45) is 0 Å². The molecule has 4 heteroatoms. The lowest BCUT2D eigenvalue weighted by Crippen LogP contribution is -2.36. The molecule has 3 heterocycles. The van der Waals surface area contributed by atoms with Crippen LogP contribution in [0.15, 0.2) is 53.1 Å². The first-order chi connectivity index (χ1) is 12.6. The number of aromatic nitrogens is 1. The van der Waals surface area contributed by atoms with Crippen molar-refractivity contribution in [2.75, 3.05) is 16.8 Å². The van der Waals surface area contributed by atoms with Crippen LogP contribution in [0.3, 0.4) is 0 Å². The maximum atomic E-state index is 6.36. The number of hydrogen-bond donors (Lipinski definition) is 0. The summed E-state index contributed by atoms with van der Waals surface area (Å²) in [7, 11) is 2.14. The Morgan fingerprint density at radius 1 is 1.00 bits per heavy atom. The van der Waals surface area contributed by atoms with E-state index in [0.29, 0.717) is 0 Å². The maximum Gasteiger partial charge on any atom is 0.159 e. The molecule has 130 valence electrons. The van der Waals surface area contributed by atoms with Crippen molar-refractivity contribution in [3.63, 3.8) is 0 Å². The number of furan rings is 1. The zero-order chi connectivity index (χ0) is 18.0. The number of rotatable bonds is 1. The van der Waals surface area contributed by atoms with Gasteiger partial charge in [0, 0.05) is 35.8 Å². The summed E-state index contributed by atoms with van der Waals surface area (Å²) in [5.41, 5.74) is 7.60. The minimum Gasteiger partial charge on any atom is -0.454 e. The maximum absolute atomic E-state index is 6.36. The molecular formula is C22H21N3O. The van der Waals surface area contributed by atoms with Crippen molar-refractivity contribution < 1.29 is 4.42 Å². The van der Waals surface area contributed by atoms with E-state index in [2.05, 4.69) is 72.1 Å². The molecule has 1 aliphatic heterocycles. The van der Waals surface area contributed by atoms with Gasteiger partial charge in [-0.3, -0.25) is 4.98 Å². The normalized spacial score (nSPS) is 16.7. The van der Waals surface area contributed by atoms with E-state index in [-0.39, 0.29) is 6.17 Å². The van der Waals surface area contributed by atoms with Gasteiger partial charge < -0.3 is 14.2 Å². The lowest BCUT2D eigenvalue weighted by molar-refractivity contribution is 0.660. The molecule has 0 N–H and O–H groups in total. The molecule has 0 saturated heterocycles. The second-order valence-electron chi connectivity index (χ2n) is 7.13. The number of anilines is 3. The largest absolute Gasteiger partial charge is 0.454 e. The first-order valence-corrected chi connectivity index (χ1v) is 8.96. The fraction of sp³-hybridized carbons (Fsp3) is 0.227. The van der Waals surface area contributed by atoms with E-state index in [0.717, 1.165) is 33.3 Å². The van der Waals surface area contributed by atoms with E-state index in [1.165, 1.54) is 16.9 Å². The molecule has 0 spiro atoms. The minimum absolute atomic E-state index is 0.213. The highest BCUT2D eigenvalue weighted by Crippen LogP contribution is 2.47. The van der Waals surface area contributed by atoms with Gasteiger partial charge in [0.05, 0.1) is 17.1 Å². The molecule has 0 fully saturated rings. The third-order valence-electron chi connectivity index (χ3n) is 5.53. The molecule has 1 atom stereocenters. The minimum atomic E-state index is 0.213. The Balaban J connectivity index is 1.84. The van der Waals surface area contributed by atoms with Crippen LogP contribution in [0.5, 0.6) is 0 Å². The second kappa shape index (κ2) is 5.24. The summed E-state index contributed by atoms with van der Waals surface area (Å²) in [4.78, 5) is 9.15. The lowest BCUT2D eigenvalue weighted by Gasteiger charge is -2.29. The van der Waals surface area contributed by atoms with Gasteiger partial charge >= 0.3 is 0 Å². The van der Waals surface area contributed by atoms with E-state index in [1.54, 1.807) is 0 Å². The van der Waals surface area contributed by atoms with E-state index in [9.17, 15) is 0 Å². The molecule has 0 aliphatic carbocycles. The van der Waals surface area contributed by atoms with Gasteiger partial charge in [-0.2, -0.15) is 0 Å². The van der Waals surface area contributed by atoms with Crippen LogP contribution < -0.4 is 9.80 Å². The van der Waals surface area contributed by atoms with Crippen molar-refractivity contribution in [1.82, 2.24) is 4.98 Å². The van der Waals surface area contributed by atoms with Crippen molar-refractivity contribution in [2.45, 2.75) is 26.9 Å². The number of para-hydroxylation sites is 2. The highest BCUT2D eigenvalue weighted by atomic mass is 16.3. The van der Waals surface area contributed by atoms with E-state index < -0.39 is 0 Å². The van der Waals surface area contributed by atoms with Crippen molar-refractivity contribution in [3.05, 3.63) is 59.9 Å². The van der Waals surface area contributed by atoms with E-state index in [4.69, 9.17) is 4.42 Å². The first-order valence-electron chi connectivity index (χ1n) is 8.96. The highest BCUT2D eigenvalue weighted by molar-refractivity contribution is 6.10. The van der Waals surface area contributed by atoms with Gasteiger partial charge in [0.25, 0.3) is 0 Å². The van der Waals surface area contributed by atoms with Gasteiger partial charge in [-0.15, -0.1) is 0 Å². The average Bonchev–Trinajstić information content (AvgIpc) is 3.11. The average molecular weight is 343 g/mol. The third kappa shape index (κ3) is 1.93. The Morgan fingerprint density at radius 2 is 1.77 bits per heavy atom. The fourth-order valence-corrected chi connectivity index (χ4v) is 4.06. The quantitative estimate of drug-likeness (QED) is 0.455. The van der Waals surface area contributed by atoms with E-state index >= 15 is 0 Å². The Labute approximate surface area is 152 Å². The Morgan fingerprint density at radius 3 is 2.58 bits per heavy atom. The SMILES string of the molecule is Cc1cc2oc3c(N4c5ccccc5N(C)C4C)c(C)ccc3c2cn1. The summed E-state index contributed by atoms with van der Waals surface area (Å²) in [6.45, 7) is 6.37. The van der Waals surface area contributed by atoms with Crippen molar-refractivity contribution >= 4 is 39.0 Å². The summed E-state index contributed by atoms with van der Waals surface area (Å²) in [6, 6.07) is 14.9. The number of aryl methyl sites for hydroxylation is 2. The summed E-state index contributed by atoms with van der Waals surface area (Å²) >= 11 is 0. The van der Waals surface area contributed by atoms with Crippen LogP contribution in [0.2, 0.25) is 0 Å². The highest BCUT2D eigenvalue weighted by Gasteiger charge is 2.33. The molecule has 2 aromatic carbocycles. The van der Waals surface area contributed by atoms with E-state index in [1.807, 2.05) is 19.2 Å². The molecule has 0 amide bonds. The Kier molecular flexibility index (Phi) is 3.08. The van der Waals surface area contributed by atoms with Gasteiger partial charge in [0.1, 0.15) is 11.7 Å². The first kappa shape index (κ1) is 15.3. The number of pyridine rings is 1. The lowest BCUT2D eigenvalue weighted by atomic mass is 10.1. The molecule has 0 saturated carbocycles. The number of nitrogens with zero attached hydrogens (tertiary/aromatic N) is 3. The van der Waals surface area contributed by atoms with Crippen LogP contribution in [0.4, 0.5) is 17.1 Å². The second-order valence-corrected chi connectivity index (χ2v) is 7.13. The standard InChI is InChI=1S/C22H21N3O/c1-13-9-10-16-17-12-23-14(2)11-20(17)26-22(16)21(13)25-15(3)24(4)18-7-5-6-8-19(18)25/h5-12,15H,1-4H3. The molecular weight excluding hydrogens is 322 g/mol. The van der Waals surface area contributed by atoms with Gasteiger partial charge in [0.15, 0.2) is 5.58 Å². The predicted octanol–water partition coefficient (Wildman–Crippen LogP) is 5.53. The summed E-state index contributed by atoms with van der Waals surface area (Å²) in [5.74, 6) is 0. The summed E-state index contributed by atoms with van der Waals surface area (Å²) in [6.07, 6.45) is 2.13. The Bertz CT molecular complexity index is 1160. The van der Waals surface area contributed by atoms with Crippen LogP contribution in [-0.2, 0) is 0 Å². The monoisotopic (exact) mass is 343 g/mol. The van der Waals surface area contributed by atoms with Crippen LogP contribution in [-0.4, -0.2) is 18.2 Å². The zero-order valence-electron chi connectivity index (χ0n) is 15.4. The molecule has 26 heavy (non-hydrogen) atoms. The van der Waals surface area contributed by atoms with Gasteiger partial charge in [0.2, 0.25) is 0 Å². The smallest absolute Gasteiger partial charge is 0.159 e. The molecule has 1 unspecified atom stereocenters. The molecule has 1 aliphatic rings. The van der Waals surface area contributed by atoms with Gasteiger partial charge in [-0.05, 0) is 38.5 Å². The van der Waals surface area contributed by atoms with Crippen LogP contribution in [0.25, 0.3) is 21.9 Å². The third-order valence-corrected chi connectivity index (χ3v) is 5.53. The number of benzene rings is 2. The molecule has 4 nitrogen and oxygen atoms in total. The zero-order valence-corrected chi connectivity index (χ0v) is 15.4. The molecule has 5 rings (SSSR count). The van der Waals surface area contributed by atoms with Crippen molar-refractivity contribution in [3.8, 4) is 0 Å². The predicted molar refractivity (Wildman–Crippen MR) is 107 cm³/mol. The van der Waals surface area contributed by atoms with Gasteiger partial charge in [-0.1, -0.05) is 24.3 Å². The molecule has 4 aromatic rings.